The number of fused-ring (bicyclic) bond motifs is 3. The second-order valence-corrected chi connectivity index (χ2v) is 7.82. The summed E-state index contributed by atoms with van der Waals surface area (Å²) in [4.78, 5) is 24.0. The second-order valence-electron chi connectivity index (χ2n) is 7.82. The molecule has 1 aromatic heterocycles. The zero-order valence-corrected chi connectivity index (χ0v) is 15.2. The van der Waals surface area contributed by atoms with Gasteiger partial charge in [0.2, 0.25) is 5.91 Å². The molecular formula is C21H25N3O. The van der Waals surface area contributed by atoms with Gasteiger partial charge in [-0.25, -0.2) is 9.97 Å². The minimum atomic E-state index is 0.236. The minimum absolute atomic E-state index is 0.236. The first-order valence-corrected chi connectivity index (χ1v) is 9.20. The predicted octanol–water partition coefficient (Wildman–Crippen LogP) is 3.25. The molecule has 2 aliphatic rings. The van der Waals surface area contributed by atoms with Crippen LogP contribution in [-0.2, 0) is 17.6 Å². The van der Waals surface area contributed by atoms with E-state index >= 15 is 0 Å². The molecule has 1 amide bonds. The van der Waals surface area contributed by atoms with Gasteiger partial charge in [0.25, 0.3) is 0 Å². The number of benzene rings is 1. The Bertz CT molecular complexity index is 797. The summed E-state index contributed by atoms with van der Waals surface area (Å²) in [7, 11) is 0. The molecule has 0 radical (unpaired) electrons. The summed E-state index contributed by atoms with van der Waals surface area (Å²) in [6, 6.07) is 8.25. The molecule has 4 heteroatoms. The lowest BCUT2D eigenvalue weighted by atomic mass is 9.97. The quantitative estimate of drug-likeness (QED) is 0.865. The maximum atomic E-state index is 12.7. The van der Waals surface area contributed by atoms with Crippen LogP contribution in [0.2, 0.25) is 0 Å². The number of hydrogen-bond donors (Lipinski definition) is 0. The molecule has 1 fully saturated rings. The van der Waals surface area contributed by atoms with Crippen molar-refractivity contribution < 1.29 is 4.79 Å². The molecular weight excluding hydrogens is 310 g/mol. The van der Waals surface area contributed by atoms with Gasteiger partial charge in [-0.2, -0.15) is 0 Å². The molecule has 1 aliphatic carbocycles. The highest BCUT2D eigenvalue weighted by atomic mass is 16.2. The molecule has 1 aliphatic heterocycles. The predicted molar refractivity (Wildman–Crippen MR) is 97.5 cm³/mol. The number of aryl methyl sites for hydroxylation is 1. The average molecular weight is 335 g/mol. The van der Waals surface area contributed by atoms with Crippen LogP contribution in [0.4, 0.5) is 0 Å². The topological polar surface area (TPSA) is 46.1 Å². The standard InChI is InChI=1S/C21H25N3O/c1-13(2)21-22-10-17-18-12-24(11-16(18)9-19(17)23-21)20(25)8-15-6-4-14(3)5-7-15/h4-7,10,13,16,18H,8-9,11-12H2,1-3H3/t16-,18+/m0/s1. The highest BCUT2D eigenvalue weighted by Crippen LogP contribution is 2.42. The molecule has 4 nitrogen and oxygen atoms in total. The number of carbonyl (C=O) groups is 1. The highest BCUT2D eigenvalue weighted by molar-refractivity contribution is 5.79. The molecule has 4 rings (SSSR count). The third-order valence-corrected chi connectivity index (χ3v) is 5.56. The number of carbonyl (C=O) groups excluding carboxylic acids is 1. The fourth-order valence-electron chi connectivity index (χ4n) is 4.07. The van der Waals surface area contributed by atoms with Gasteiger partial charge < -0.3 is 4.90 Å². The largest absolute Gasteiger partial charge is 0.341 e. The SMILES string of the molecule is Cc1ccc(CC(=O)N2C[C@@H]3Cc4nc(C(C)C)ncc4[C@@H]3C2)cc1. The first-order valence-electron chi connectivity index (χ1n) is 9.20. The first kappa shape index (κ1) is 16.2. The summed E-state index contributed by atoms with van der Waals surface area (Å²) in [6.45, 7) is 7.99. The number of likely N-dealkylation sites (tertiary alicyclic amines) is 1. The van der Waals surface area contributed by atoms with Crippen molar-refractivity contribution in [2.24, 2.45) is 5.92 Å². The Morgan fingerprint density at radius 2 is 2.00 bits per heavy atom. The lowest BCUT2D eigenvalue weighted by Gasteiger charge is -2.18. The van der Waals surface area contributed by atoms with Crippen molar-refractivity contribution in [1.29, 1.82) is 0 Å². The van der Waals surface area contributed by atoms with E-state index in [0.29, 0.717) is 24.2 Å². The summed E-state index contributed by atoms with van der Waals surface area (Å²) in [6.07, 6.45) is 3.49. The van der Waals surface area contributed by atoms with E-state index < -0.39 is 0 Å². The van der Waals surface area contributed by atoms with Gasteiger partial charge in [-0.1, -0.05) is 43.7 Å². The Kier molecular flexibility index (Phi) is 4.06. The molecule has 2 atom stereocenters. The van der Waals surface area contributed by atoms with Gasteiger partial charge >= 0.3 is 0 Å². The third-order valence-electron chi connectivity index (χ3n) is 5.56. The molecule has 1 aromatic carbocycles. The summed E-state index contributed by atoms with van der Waals surface area (Å²) in [5.41, 5.74) is 4.79. The number of amides is 1. The Morgan fingerprint density at radius 3 is 2.72 bits per heavy atom. The Labute approximate surface area is 149 Å². The number of aromatic nitrogens is 2. The van der Waals surface area contributed by atoms with Crippen LogP contribution in [0.25, 0.3) is 0 Å². The molecule has 1 saturated heterocycles. The van der Waals surface area contributed by atoms with E-state index in [1.54, 1.807) is 0 Å². The van der Waals surface area contributed by atoms with Crippen LogP contribution in [0, 0.1) is 12.8 Å². The smallest absolute Gasteiger partial charge is 0.227 e. The van der Waals surface area contributed by atoms with Crippen molar-refractivity contribution in [1.82, 2.24) is 14.9 Å². The first-order chi connectivity index (χ1) is 12.0. The second kappa shape index (κ2) is 6.25. The normalized spacial score (nSPS) is 21.5. The average Bonchev–Trinajstić information content (AvgIpc) is 3.14. The molecule has 0 saturated carbocycles. The van der Waals surface area contributed by atoms with E-state index in [-0.39, 0.29) is 5.91 Å². The molecule has 0 bridgehead atoms. The van der Waals surface area contributed by atoms with Gasteiger partial charge in [0.05, 0.1) is 6.42 Å². The van der Waals surface area contributed by atoms with Crippen LogP contribution in [-0.4, -0.2) is 33.9 Å². The van der Waals surface area contributed by atoms with Gasteiger partial charge in [0, 0.05) is 36.8 Å². The molecule has 25 heavy (non-hydrogen) atoms. The van der Waals surface area contributed by atoms with E-state index in [9.17, 15) is 4.79 Å². The lowest BCUT2D eigenvalue weighted by Crippen LogP contribution is -2.31. The van der Waals surface area contributed by atoms with Crippen LogP contribution in [0.1, 0.15) is 53.9 Å². The maximum absolute atomic E-state index is 12.7. The molecule has 2 heterocycles. The van der Waals surface area contributed by atoms with Crippen molar-refractivity contribution in [3.8, 4) is 0 Å². The Balaban J connectivity index is 1.45. The summed E-state index contributed by atoms with van der Waals surface area (Å²) in [5.74, 6) is 2.45. The van der Waals surface area contributed by atoms with Crippen molar-refractivity contribution >= 4 is 5.91 Å². The number of rotatable bonds is 3. The number of hydrogen-bond acceptors (Lipinski definition) is 3. The van der Waals surface area contributed by atoms with E-state index in [4.69, 9.17) is 4.98 Å². The fourth-order valence-corrected chi connectivity index (χ4v) is 4.07. The summed E-state index contributed by atoms with van der Waals surface area (Å²) >= 11 is 0. The molecule has 0 unspecified atom stereocenters. The summed E-state index contributed by atoms with van der Waals surface area (Å²) < 4.78 is 0. The zero-order valence-electron chi connectivity index (χ0n) is 15.2. The van der Waals surface area contributed by atoms with E-state index in [1.807, 2.05) is 11.1 Å². The van der Waals surface area contributed by atoms with Crippen molar-refractivity contribution in [2.75, 3.05) is 13.1 Å². The van der Waals surface area contributed by atoms with Crippen molar-refractivity contribution in [3.05, 3.63) is 58.7 Å². The molecule has 130 valence electrons. The minimum Gasteiger partial charge on any atom is -0.341 e. The molecule has 0 N–H and O–H groups in total. The van der Waals surface area contributed by atoms with Crippen LogP contribution in [0.15, 0.2) is 30.5 Å². The van der Waals surface area contributed by atoms with Crippen LogP contribution in [0.3, 0.4) is 0 Å². The maximum Gasteiger partial charge on any atom is 0.227 e. The number of nitrogens with zero attached hydrogens (tertiary/aromatic N) is 3. The van der Waals surface area contributed by atoms with Gasteiger partial charge in [0.15, 0.2) is 0 Å². The Hall–Kier alpha value is -2.23. The van der Waals surface area contributed by atoms with E-state index in [1.165, 1.54) is 16.8 Å². The van der Waals surface area contributed by atoms with Crippen molar-refractivity contribution in [2.45, 2.75) is 45.4 Å². The van der Waals surface area contributed by atoms with Gasteiger partial charge in [-0.15, -0.1) is 0 Å². The fraction of sp³-hybridized carbons (Fsp3) is 0.476. The molecule has 0 spiro atoms. The summed E-state index contributed by atoms with van der Waals surface area (Å²) in [5, 5.41) is 0. The van der Waals surface area contributed by atoms with E-state index in [2.05, 4.69) is 50.0 Å². The van der Waals surface area contributed by atoms with E-state index in [0.717, 1.165) is 30.9 Å². The van der Waals surface area contributed by atoms with Gasteiger partial charge in [-0.3, -0.25) is 4.79 Å². The van der Waals surface area contributed by atoms with Crippen molar-refractivity contribution in [3.63, 3.8) is 0 Å². The highest BCUT2D eigenvalue weighted by Gasteiger charge is 2.42. The van der Waals surface area contributed by atoms with Gasteiger partial charge in [-0.05, 0) is 30.4 Å². The van der Waals surface area contributed by atoms with Crippen LogP contribution >= 0.6 is 0 Å². The third kappa shape index (κ3) is 3.06. The monoisotopic (exact) mass is 335 g/mol. The lowest BCUT2D eigenvalue weighted by molar-refractivity contribution is -0.129. The van der Waals surface area contributed by atoms with Crippen LogP contribution < -0.4 is 0 Å². The Morgan fingerprint density at radius 1 is 1.24 bits per heavy atom. The van der Waals surface area contributed by atoms with Gasteiger partial charge in [0.1, 0.15) is 5.82 Å². The van der Waals surface area contributed by atoms with Crippen LogP contribution in [0.5, 0.6) is 0 Å². The molecule has 2 aromatic rings. The zero-order chi connectivity index (χ0) is 17.6.